The van der Waals surface area contributed by atoms with E-state index in [0.717, 1.165) is 20.8 Å². The van der Waals surface area contributed by atoms with Gasteiger partial charge in [-0.25, -0.2) is 4.79 Å². The Bertz CT molecular complexity index is 1640. The van der Waals surface area contributed by atoms with Crippen LogP contribution >= 0.6 is 7.26 Å². The summed E-state index contributed by atoms with van der Waals surface area (Å²) >= 11 is 0. The topological polar surface area (TPSA) is 96.0 Å². The molecule has 1 aliphatic heterocycles. The maximum atomic E-state index is 15.0. The van der Waals surface area contributed by atoms with Gasteiger partial charge in [-0.3, -0.25) is 14.5 Å². The Kier molecular flexibility index (Phi) is 8.92. The molecule has 0 aromatic heterocycles. The first-order chi connectivity index (χ1) is 21.8. The van der Waals surface area contributed by atoms with Crippen molar-refractivity contribution in [2.75, 3.05) is 0 Å². The van der Waals surface area contributed by atoms with Crippen LogP contribution in [0.4, 0.5) is 0 Å². The third-order valence-corrected chi connectivity index (χ3v) is 11.7. The van der Waals surface area contributed by atoms with Gasteiger partial charge in [0.25, 0.3) is 11.8 Å². The van der Waals surface area contributed by atoms with Crippen LogP contribution in [-0.4, -0.2) is 39.9 Å². The minimum atomic E-state index is -3.39. The monoisotopic (exact) mass is 635 g/mol. The van der Waals surface area contributed by atoms with Gasteiger partial charge < -0.3 is 14.6 Å². The van der Waals surface area contributed by atoms with Crippen molar-refractivity contribution in [3.63, 3.8) is 0 Å². The van der Waals surface area contributed by atoms with Gasteiger partial charge in [-0.2, -0.15) is 0 Å². The molecule has 0 spiro atoms. The molecule has 1 heterocycles. The van der Waals surface area contributed by atoms with E-state index < -0.39 is 48.2 Å². The summed E-state index contributed by atoms with van der Waals surface area (Å²) in [5.41, 5.74) is -1.71. The number of hydrogen-bond donors (Lipinski definition) is 0. The van der Waals surface area contributed by atoms with Crippen molar-refractivity contribution in [2.45, 2.75) is 58.8 Å². The fraction of sp³-hybridized carbons (Fsp3) is 0.237. The molecule has 46 heavy (non-hydrogen) atoms. The van der Waals surface area contributed by atoms with Crippen LogP contribution < -0.4 is 21.0 Å². The molecule has 4 aromatic rings. The van der Waals surface area contributed by atoms with Gasteiger partial charge in [0.2, 0.25) is 0 Å². The van der Waals surface area contributed by atoms with Crippen LogP contribution in [0.25, 0.3) is 0 Å². The first-order valence-corrected chi connectivity index (χ1v) is 16.9. The van der Waals surface area contributed by atoms with Crippen LogP contribution in [0.5, 0.6) is 0 Å². The SMILES string of the molecule is CC(C)(C)OC(=O)[C@@H](/C(=C(\[O-])OC(C)(C)C)[P+](c1ccccc1)(c1ccccc1)c1ccccc1)N1C(=O)c2ccccc2C1=O. The lowest BCUT2D eigenvalue weighted by molar-refractivity contribution is -0.370. The van der Waals surface area contributed by atoms with E-state index in [-0.39, 0.29) is 16.4 Å². The van der Waals surface area contributed by atoms with Gasteiger partial charge in [-0.1, -0.05) is 87.5 Å². The maximum absolute atomic E-state index is 15.0. The second kappa shape index (κ2) is 12.6. The molecular weight excluding hydrogens is 597 g/mol. The first kappa shape index (κ1) is 32.6. The molecule has 0 N–H and O–H groups in total. The third kappa shape index (κ3) is 6.20. The lowest BCUT2D eigenvalue weighted by Crippen LogP contribution is -2.52. The van der Waals surface area contributed by atoms with Gasteiger partial charge >= 0.3 is 5.97 Å². The van der Waals surface area contributed by atoms with E-state index in [2.05, 4.69) is 0 Å². The van der Waals surface area contributed by atoms with Crippen molar-refractivity contribution in [3.05, 3.63) is 138 Å². The highest BCUT2D eigenvalue weighted by atomic mass is 31.2. The van der Waals surface area contributed by atoms with Gasteiger partial charge in [0.15, 0.2) is 6.04 Å². The van der Waals surface area contributed by atoms with E-state index in [4.69, 9.17) is 9.47 Å². The number of rotatable bonds is 8. The zero-order valence-electron chi connectivity index (χ0n) is 26.9. The van der Waals surface area contributed by atoms with Crippen molar-refractivity contribution in [2.24, 2.45) is 0 Å². The highest BCUT2D eigenvalue weighted by Crippen LogP contribution is 2.65. The Balaban J connectivity index is 1.97. The Morgan fingerprint density at radius 3 is 1.30 bits per heavy atom. The standard InChI is InChI=1S/C38H38NO6P/c1-37(2,3)44-35(42)31(39-33(40)29-24-16-17-25-30(29)34(39)41)32(36(43)45-38(4,5)6)46(26-18-10-7-11-19-26,27-20-12-8-13-21-27)28-22-14-9-15-23-28/h7-25,31H,1-6H3/b36-32-/t31-/m1/s1. The Morgan fingerprint density at radius 2 is 0.957 bits per heavy atom. The number of hydrogen-bond acceptors (Lipinski definition) is 6. The number of amides is 2. The Morgan fingerprint density at radius 1 is 0.609 bits per heavy atom. The van der Waals surface area contributed by atoms with E-state index in [1.165, 1.54) is 0 Å². The molecule has 7 nitrogen and oxygen atoms in total. The number of ether oxygens (including phenoxy) is 2. The number of esters is 1. The van der Waals surface area contributed by atoms with Crippen molar-refractivity contribution >= 4 is 41.0 Å². The summed E-state index contributed by atoms with van der Waals surface area (Å²) in [7, 11) is -3.39. The minimum Gasteiger partial charge on any atom is -0.605 e. The van der Waals surface area contributed by atoms with E-state index in [0.29, 0.717) is 0 Å². The molecule has 0 aliphatic carbocycles. The molecule has 0 saturated carbocycles. The number of fused-ring (bicyclic) bond motifs is 1. The number of carbonyl (C=O) groups excluding carboxylic acids is 3. The second-order valence-corrected chi connectivity index (χ2v) is 16.4. The maximum Gasteiger partial charge on any atom is 0.338 e. The van der Waals surface area contributed by atoms with E-state index in [9.17, 15) is 19.5 Å². The summed E-state index contributed by atoms with van der Waals surface area (Å²) < 4.78 is 12.1. The Hall–Kier alpha value is -4.74. The molecule has 1 atom stereocenters. The second-order valence-electron chi connectivity index (χ2n) is 13.0. The van der Waals surface area contributed by atoms with Gasteiger partial charge in [0.1, 0.15) is 34.1 Å². The van der Waals surface area contributed by atoms with Crippen LogP contribution in [0.2, 0.25) is 0 Å². The van der Waals surface area contributed by atoms with E-state index in [1.807, 2.05) is 91.0 Å². The predicted octanol–water partition coefficient (Wildman–Crippen LogP) is 5.33. The fourth-order valence-corrected chi connectivity index (χ4v) is 10.2. The summed E-state index contributed by atoms with van der Waals surface area (Å²) in [6.07, 6.45) is 0. The lowest BCUT2D eigenvalue weighted by atomic mass is 10.1. The Labute approximate surface area is 270 Å². The van der Waals surface area contributed by atoms with Crippen LogP contribution in [0.1, 0.15) is 62.3 Å². The van der Waals surface area contributed by atoms with Gasteiger partial charge in [0, 0.05) is 5.60 Å². The van der Waals surface area contributed by atoms with Crippen LogP contribution in [0.15, 0.2) is 127 Å². The lowest BCUT2D eigenvalue weighted by Gasteiger charge is -2.40. The summed E-state index contributed by atoms with van der Waals surface area (Å²) in [6.45, 7) is 10.3. The highest BCUT2D eigenvalue weighted by molar-refractivity contribution is 7.99. The number of nitrogens with zero attached hydrogens (tertiary/aromatic N) is 1. The summed E-state index contributed by atoms with van der Waals surface area (Å²) in [4.78, 5) is 44.0. The zero-order valence-corrected chi connectivity index (χ0v) is 27.8. The van der Waals surface area contributed by atoms with Crippen molar-refractivity contribution in [1.29, 1.82) is 0 Å². The largest absolute Gasteiger partial charge is 0.605 e. The number of carbonyl (C=O) groups is 3. The molecule has 8 heteroatoms. The molecular formula is C38H38NO6P. The molecule has 0 bridgehead atoms. The van der Waals surface area contributed by atoms with E-state index >= 15 is 0 Å². The normalized spacial score (nSPS) is 14.8. The molecule has 0 unspecified atom stereocenters. The van der Waals surface area contributed by atoms with Crippen molar-refractivity contribution in [1.82, 2.24) is 4.90 Å². The molecule has 0 fully saturated rings. The summed E-state index contributed by atoms with van der Waals surface area (Å²) in [5, 5.41) is 17.2. The number of benzene rings is 4. The highest BCUT2D eigenvalue weighted by Gasteiger charge is 2.59. The summed E-state index contributed by atoms with van der Waals surface area (Å²) in [6, 6.07) is 32.9. The van der Waals surface area contributed by atoms with Crippen LogP contribution in [0.3, 0.4) is 0 Å². The quantitative estimate of drug-likeness (QED) is 0.112. The molecule has 236 valence electrons. The third-order valence-electron chi connectivity index (χ3n) is 7.37. The predicted molar refractivity (Wildman–Crippen MR) is 180 cm³/mol. The minimum absolute atomic E-state index is 0.0326. The average molecular weight is 636 g/mol. The molecule has 5 rings (SSSR count). The summed E-state index contributed by atoms with van der Waals surface area (Å²) in [5.74, 6) is -3.09. The van der Waals surface area contributed by atoms with Gasteiger partial charge in [0.05, 0.1) is 17.1 Å². The molecule has 2 amide bonds. The zero-order chi connectivity index (χ0) is 33.3. The molecule has 1 aliphatic rings. The van der Waals surface area contributed by atoms with E-state index in [1.54, 1.807) is 65.8 Å². The average Bonchev–Trinajstić information content (AvgIpc) is 3.26. The fourth-order valence-electron chi connectivity index (χ4n) is 5.72. The van der Waals surface area contributed by atoms with Gasteiger partial charge in [-0.05, 0) is 69.3 Å². The number of imide groups is 1. The molecule has 0 radical (unpaired) electrons. The van der Waals surface area contributed by atoms with Crippen molar-refractivity contribution in [3.8, 4) is 0 Å². The first-order valence-electron chi connectivity index (χ1n) is 15.1. The molecule has 4 aromatic carbocycles. The van der Waals surface area contributed by atoms with Crippen molar-refractivity contribution < 1.29 is 29.0 Å². The smallest absolute Gasteiger partial charge is 0.338 e. The molecule has 0 saturated heterocycles. The van der Waals surface area contributed by atoms with Gasteiger partial charge in [-0.15, -0.1) is 0 Å². The van der Waals surface area contributed by atoms with Crippen LogP contribution in [0, 0.1) is 0 Å². The van der Waals surface area contributed by atoms with Crippen LogP contribution in [-0.2, 0) is 14.3 Å².